The zero-order chi connectivity index (χ0) is 27.1. The van der Waals surface area contributed by atoms with Gasteiger partial charge in [-0.1, -0.05) is 25.8 Å². The van der Waals surface area contributed by atoms with Gasteiger partial charge in [-0.25, -0.2) is 4.79 Å². The van der Waals surface area contributed by atoms with Gasteiger partial charge in [-0.05, 0) is 105 Å². The van der Waals surface area contributed by atoms with Crippen LogP contribution in [0.2, 0.25) is 0 Å². The molecule has 3 saturated carbocycles. The summed E-state index contributed by atoms with van der Waals surface area (Å²) in [4.78, 5) is 34.6. The van der Waals surface area contributed by atoms with Crippen molar-refractivity contribution >= 4 is 11.9 Å². The molecule has 0 unspecified atom stereocenters. The van der Waals surface area contributed by atoms with Gasteiger partial charge in [0, 0.05) is 24.3 Å². The first-order valence-electron chi connectivity index (χ1n) is 14.5. The molecular weight excluding hydrogens is 484 g/mol. The van der Waals surface area contributed by atoms with Crippen LogP contribution >= 0.6 is 0 Å². The van der Waals surface area contributed by atoms with Crippen LogP contribution in [0.5, 0.6) is 0 Å². The van der Waals surface area contributed by atoms with Crippen molar-refractivity contribution in [1.82, 2.24) is 0 Å². The van der Waals surface area contributed by atoms with Gasteiger partial charge in [0.05, 0.1) is 11.9 Å². The molecule has 5 rings (SSSR count). The van der Waals surface area contributed by atoms with Gasteiger partial charge in [0.1, 0.15) is 6.10 Å². The Morgan fingerprint density at radius 3 is 2.53 bits per heavy atom. The first kappa shape index (κ1) is 27.2. The lowest BCUT2D eigenvalue weighted by molar-refractivity contribution is -0.178. The van der Waals surface area contributed by atoms with Gasteiger partial charge in [-0.15, -0.1) is 0 Å². The molecule has 0 amide bonds. The maximum absolute atomic E-state index is 12.4. The average molecular weight is 527 g/mol. The van der Waals surface area contributed by atoms with Crippen molar-refractivity contribution in [2.24, 2.45) is 22.7 Å². The largest absolute Gasteiger partial charge is 0.481 e. The second-order valence-corrected chi connectivity index (χ2v) is 12.7. The Morgan fingerprint density at radius 2 is 1.79 bits per heavy atom. The third-order valence-electron chi connectivity index (χ3n) is 10.9. The van der Waals surface area contributed by atoms with Crippen LogP contribution in [-0.4, -0.2) is 33.9 Å². The van der Waals surface area contributed by atoms with E-state index in [0.717, 1.165) is 63.4 Å². The number of fused-ring (bicyclic) bond motifs is 5. The van der Waals surface area contributed by atoms with Gasteiger partial charge >= 0.3 is 17.6 Å². The quantitative estimate of drug-likeness (QED) is 0.252. The number of aliphatic carboxylic acids is 1. The first-order chi connectivity index (χ1) is 18.1. The molecule has 7 nitrogen and oxygen atoms in total. The predicted molar refractivity (Wildman–Crippen MR) is 141 cm³/mol. The Kier molecular flexibility index (Phi) is 7.36. The number of allylic oxidation sites excluding steroid dienone is 1. The normalized spacial score (nSPS) is 37.9. The summed E-state index contributed by atoms with van der Waals surface area (Å²) in [5.41, 5.74) is 1.09. The Labute approximate surface area is 224 Å². The predicted octanol–water partition coefficient (Wildman–Crippen LogP) is 5.75. The van der Waals surface area contributed by atoms with Crippen molar-refractivity contribution in [3.05, 3.63) is 46.0 Å². The number of aliphatic hydroxyl groups is 1. The maximum Gasteiger partial charge on any atom is 0.335 e. The molecule has 4 aliphatic carbocycles. The van der Waals surface area contributed by atoms with Crippen LogP contribution in [0.1, 0.15) is 109 Å². The number of carboxylic acid groups (broad SMARTS) is 1. The molecule has 1 heterocycles. The molecule has 7 atom stereocenters. The molecule has 0 saturated heterocycles. The molecule has 0 spiro atoms. The van der Waals surface area contributed by atoms with Crippen LogP contribution in [-0.2, 0) is 14.3 Å². The minimum absolute atomic E-state index is 0.0113. The van der Waals surface area contributed by atoms with Gasteiger partial charge in [0.25, 0.3) is 0 Å². The number of carbonyl (C=O) groups is 2. The minimum Gasteiger partial charge on any atom is -0.481 e. The molecule has 208 valence electrons. The van der Waals surface area contributed by atoms with E-state index >= 15 is 0 Å². The Morgan fingerprint density at radius 1 is 1.00 bits per heavy atom. The van der Waals surface area contributed by atoms with E-state index in [0.29, 0.717) is 25.2 Å². The molecule has 38 heavy (non-hydrogen) atoms. The van der Waals surface area contributed by atoms with Crippen LogP contribution < -0.4 is 5.63 Å². The van der Waals surface area contributed by atoms with Crippen molar-refractivity contribution in [3.8, 4) is 0 Å². The number of hydrogen-bond acceptors (Lipinski definition) is 6. The lowest BCUT2D eigenvalue weighted by Gasteiger charge is -2.61. The van der Waals surface area contributed by atoms with Gasteiger partial charge < -0.3 is 19.4 Å². The second kappa shape index (κ2) is 10.3. The monoisotopic (exact) mass is 526 g/mol. The van der Waals surface area contributed by atoms with Crippen LogP contribution in [0.3, 0.4) is 0 Å². The van der Waals surface area contributed by atoms with Gasteiger partial charge in [0.2, 0.25) is 0 Å². The molecule has 0 bridgehead atoms. The highest BCUT2D eigenvalue weighted by Crippen LogP contribution is 2.70. The standard InChI is InChI=1S/C31H42O7/c1-29-15-12-22(38-28(35)7-5-3-4-6-26(32)33)18-21(29)9-10-25-24(29)13-16-30(2)23(14-17-31(25,30)36)20-8-11-27(34)37-19-20/h8,11,18-19,22-25,36H,3-7,9-10,12-17H2,1-2H3,(H,32,33)/t22-,23+,24-,25+,29-,30+,31-/m0/s1. The van der Waals surface area contributed by atoms with Gasteiger partial charge in [-0.2, -0.15) is 0 Å². The minimum atomic E-state index is -0.798. The molecule has 1 aromatic heterocycles. The summed E-state index contributed by atoms with van der Waals surface area (Å²) in [6.45, 7) is 4.61. The highest BCUT2D eigenvalue weighted by Gasteiger charge is 2.66. The first-order valence-corrected chi connectivity index (χ1v) is 14.5. The summed E-state index contributed by atoms with van der Waals surface area (Å²) in [5, 5.41) is 21.1. The second-order valence-electron chi connectivity index (χ2n) is 12.7. The van der Waals surface area contributed by atoms with Crippen molar-refractivity contribution in [3.63, 3.8) is 0 Å². The number of carboxylic acids is 1. The zero-order valence-corrected chi connectivity index (χ0v) is 22.7. The maximum atomic E-state index is 12.4. The summed E-state index contributed by atoms with van der Waals surface area (Å²) in [7, 11) is 0. The topological polar surface area (TPSA) is 114 Å². The fraction of sp³-hybridized carbons (Fsp3) is 0.710. The van der Waals surface area contributed by atoms with E-state index in [1.54, 1.807) is 6.26 Å². The molecule has 4 aliphatic rings. The highest BCUT2D eigenvalue weighted by molar-refractivity contribution is 5.69. The number of carbonyl (C=O) groups excluding carboxylic acids is 1. The third-order valence-corrected chi connectivity index (χ3v) is 10.9. The molecule has 3 fully saturated rings. The Hall–Kier alpha value is -2.41. The number of unbranched alkanes of at least 4 members (excludes halogenated alkanes) is 2. The molecule has 0 aliphatic heterocycles. The fourth-order valence-electron chi connectivity index (χ4n) is 8.81. The summed E-state index contributed by atoms with van der Waals surface area (Å²) in [5.74, 6) is -0.182. The van der Waals surface area contributed by atoms with Gasteiger partial charge in [-0.3, -0.25) is 9.59 Å². The smallest absolute Gasteiger partial charge is 0.335 e. The zero-order valence-electron chi connectivity index (χ0n) is 22.7. The van der Waals surface area contributed by atoms with Crippen molar-refractivity contribution in [2.75, 3.05) is 0 Å². The lowest BCUT2D eigenvalue weighted by Crippen LogP contribution is -2.60. The number of rotatable bonds is 8. The fourth-order valence-corrected chi connectivity index (χ4v) is 8.81. The number of esters is 1. The molecule has 0 radical (unpaired) electrons. The van der Waals surface area contributed by atoms with E-state index in [1.807, 2.05) is 6.07 Å². The highest BCUT2D eigenvalue weighted by atomic mass is 16.5. The Balaban J connectivity index is 1.25. The van der Waals surface area contributed by atoms with E-state index in [2.05, 4.69) is 19.9 Å². The molecule has 0 aromatic carbocycles. The van der Waals surface area contributed by atoms with Crippen LogP contribution in [0.4, 0.5) is 0 Å². The van der Waals surface area contributed by atoms with E-state index in [9.17, 15) is 19.5 Å². The molecule has 7 heteroatoms. The van der Waals surface area contributed by atoms with E-state index < -0.39 is 11.6 Å². The van der Waals surface area contributed by atoms with E-state index in [-0.39, 0.29) is 46.8 Å². The van der Waals surface area contributed by atoms with Crippen LogP contribution in [0.25, 0.3) is 0 Å². The van der Waals surface area contributed by atoms with Crippen LogP contribution in [0.15, 0.2) is 39.3 Å². The van der Waals surface area contributed by atoms with Crippen LogP contribution in [0, 0.1) is 22.7 Å². The molecule has 2 N–H and O–H groups in total. The Bertz CT molecular complexity index is 1130. The molecular formula is C31H42O7. The summed E-state index contributed by atoms with van der Waals surface area (Å²) in [6.07, 6.45) is 13.3. The van der Waals surface area contributed by atoms with Gasteiger partial charge in [0.15, 0.2) is 0 Å². The summed E-state index contributed by atoms with van der Waals surface area (Å²) in [6, 6.07) is 3.37. The number of ether oxygens (including phenoxy) is 1. The van der Waals surface area contributed by atoms with Crippen molar-refractivity contribution in [1.29, 1.82) is 0 Å². The molecule has 1 aromatic rings. The van der Waals surface area contributed by atoms with E-state index in [1.165, 1.54) is 11.6 Å². The SMILES string of the molecule is C[C@]12CC[C@H](OC(=O)CCCCCC(=O)O)C=C1CC[C@@H]1[C@@H]2CC[C@]2(C)[C@@H](c3ccc(=O)oc3)CC[C@]12O. The summed E-state index contributed by atoms with van der Waals surface area (Å²) >= 11 is 0. The van der Waals surface area contributed by atoms with Crippen molar-refractivity contribution < 1.29 is 29.0 Å². The lowest BCUT2D eigenvalue weighted by atomic mass is 9.45. The average Bonchev–Trinajstić information content (AvgIpc) is 3.15. The summed E-state index contributed by atoms with van der Waals surface area (Å²) < 4.78 is 11.0. The third kappa shape index (κ3) is 4.65. The number of hydrogen-bond donors (Lipinski definition) is 2. The van der Waals surface area contributed by atoms with E-state index in [4.69, 9.17) is 14.3 Å². The van der Waals surface area contributed by atoms with Crippen molar-refractivity contribution in [2.45, 2.75) is 115 Å².